The Labute approximate surface area is 150 Å². The summed E-state index contributed by atoms with van der Waals surface area (Å²) in [5, 5.41) is 3.41. The van der Waals surface area contributed by atoms with Crippen molar-refractivity contribution >= 4 is 29.9 Å². The van der Waals surface area contributed by atoms with Crippen molar-refractivity contribution < 1.29 is 0 Å². The zero-order chi connectivity index (χ0) is 15.2. The zero-order valence-electron chi connectivity index (χ0n) is 13.7. The molecule has 0 aliphatic rings. The van der Waals surface area contributed by atoms with E-state index in [-0.39, 0.29) is 24.0 Å². The molecule has 0 saturated heterocycles. The van der Waals surface area contributed by atoms with Gasteiger partial charge in [-0.1, -0.05) is 29.8 Å². The van der Waals surface area contributed by atoms with Gasteiger partial charge in [-0.2, -0.15) is 0 Å². The Morgan fingerprint density at radius 2 is 2.05 bits per heavy atom. The number of guanidine groups is 1. The van der Waals surface area contributed by atoms with Gasteiger partial charge in [0.2, 0.25) is 0 Å². The van der Waals surface area contributed by atoms with Crippen molar-refractivity contribution in [2.45, 2.75) is 20.0 Å². The molecule has 4 nitrogen and oxygen atoms in total. The fourth-order valence-electron chi connectivity index (χ4n) is 2.37. The van der Waals surface area contributed by atoms with Gasteiger partial charge in [0.1, 0.15) is 0 Å². The smallest absolute Gasteiger partial charge is 0.194 e. The Bertz CT molecular complexity index is 619. The number of nitrogens with zero attached hydrogens (tertiary/aromatic N) is 3. The van der Waals surface area contributed by atoms with Crippen molar-refractivity contribution in [2.24, 2.45) is 12.0 Å². The standard InChI is InChI=1S/C17H24N4.HI/c1-14-7-5-8-15(11-14)12-19-17(18-2)21(4)13-16-9-6-10-20(16)3;/h5-11H,12-13H2,1-4H3,(H,18,19);1H. The van der Waals surface area contributed by atoms with Crippen LogP contribution in [0.25, 0.3) is 0 Å². The van der Waals surface area contributed by atoms with Crippen LogP contribution in [0.3, 0.4) is 0 Å². The first-order valence-corrected chi connectivity index (χ1v) is 7.17. The highest BCUT2D eigenvalue weighted by Crippen LogP contribution is 2.06. The van der Waals surface area contributed by atoms with E-state index in [4.69, 9.17) is 0 Å². The van der Waals surface area contributed by atoms with Crippen LogP contribution in [-0.2, 0) is 20.1 Å². The SMILES string of the molecule is CN=C(NCc1cccc(C)c1)N(C)Cc1cccn1C.I. The molecule has 0 spiro atoms. The Kier molecular flexibility index (Phi) is 7.44. The van der Waals surface area contributed by atoms with Crippen LogP contribution in [0, 0.1) is 6.92 Å². The third-order valence-electron chi connectivity index (χ3n) is 3.56. The molecule has 0 saturated carbocycles. The quantitative estimate of drug-likeness (QED) is 0.476. The predicted octanol–water partition coefficient (Wildman–Crippen LogP) is 3.16. The summed E-state index contributed by atoms with van der Waals surface area (Å²) in [5.41, 5.74) is 3.81. The molecule has 1 aromatic carbocycles. The molecular weight excluding hydrogens is 387 g/mol. The van der Waals surface area contributed by atoms with Gasteiger partial charge in [-0.05, 0) is 24.6 Å². The van der Waals surface area contributed by atoms with Gasteiger partial charge in [0.05, 0.1) is 6.54 Å². The van der Waals surface area contributed by atoms with Gasteiger partial charge >= 0.3 is 0 Å². The highest BCUT2D eigenvalue weighted by atomic mass is 127. The number of nitrogens with one attached hydrogen (secondary N) is 1. The van der Waals surface area contributed by atoms with Crippen LogP contribution in [0.2, 0.25) is 0 Å². The molecule has 1 heterocycles. The van der Waals surface area contributed by atoms with Gasteiger partial charge in [0.15, 0.2) is 5.96 Å². The summed E-state index contributed by atoms with van der Waals surface area (Å²) in [6, 6.07) is 12.7. The maximum absolute atomic E-state index is 4.36. The van der Waals surface area contributed by atoms with E-state index in [2.05, 4.69) is 83.4 Å². The lowest BCUT2D eigenvalue weighted by Crippen LogP contribution is -2.38. The van der Waals surface area contributed by atoms with E-state index in [0.717, 1.165) is 19.0 Å². The highest BCUT2D eigenvalue weighted by Gasteiger charge is 2.08. The molecule has 1 aromatic heterocycles. The van der Waals surface area contributed by atoms with E-state index in [9.17, 15) is 0 Å². The van der Waals surface area contributed by atoms with Gasteiger partial charge in [0, 0.05) is 39.6 Å². The summed E-state index contributed by atoms with van der Waals surface area (Å²) >= 11 is 0. The van der Waals surface area contributed by atoms with E-state index in [1.807, 2.05) is 7.05 Å². The first kappa shape index (κ1) is 18.5. The average Bonchev–Trinajstić information content (AvgIpc) is 2.85. The number of hydrogen-bond acceptors (Lipinski definition) is 1. The summed E-state index contributed by atoms with van der Waals surface area (Å²) < 4.78 is 2.13. The normalized spacial score (nSPS) is 11.0. The molecule has 120 valence electrons. The van der Waals surface area contributed by atoms with Crippen molar-refractivity contribution in [3.05, 3.63) is 59.4 Å². The van der Waals surface area contributed by atoms with Gasteiger partial charge < -0.3 is 14.8 Å². The van der Waals surface area contributed by atoms with Crippen LogP contribution >= 0.6 is 24.0 Å². The molecule has 5 heteroatoms. The lowest BCUT2D eigenvalue weighted by molar-refractivity contribution is 0.461. The molecule has 1 N–H and O–H groups in total. The van der Waals surface area contributed by atoms with Crippen LogP contribution in [0.15, 0.2) is 47.6 Å². The van der Waals surface area contributed by atoms with Crippen LogP contribution in [0.4, 0.5) is 0 Å². The molecule has 0 unspecified atom stereocenters. The molecule has 0 amide bonds. The summed E-state index contributed by atoms with van der Waals surface area (Å²) in [7, 11) is 5.94. The Balaban J connectivity index is 0.00000242. The third kappa shape index (κ3) is 5.05. The topological polar surface area (TPSA) is 32.6 Å². The third-order valence-corrected chi connectivity index (χ3v) is 3.56. The minimum absolute atomic E-state index is 0. The van der Waals surface area contributed by atoms with Crippen molar-refractivity contribution in [3.63, 3.8) is 0 Å². The molecule has 0 bridgehead atoms. The highest BCUT2D eigenvalue weighted by molar-refractivity contribution is 14.0. The second kappa shape index (κ2) is 8.82. The number of halogens is 1. The van der Waals surface area contributed by atoms with Gasteiger partial charge in [-0.3, -0.25) is 4.99 Å². The lowest BCUT2D eigenvalue weighted by atomic mass is 10.1. The van der Waals surface area contributed by atoms with Crippen LogP contribution in [0.5, 0.6) is 0 Å². The van der Waals surface area contributed by atoms with Crippen molar-refractivity contribution in [3.8, 4) is 0 Å². The number of aromatic nitrogens is 1. The minimum atomic E-state index is 0. The molecule has 0 atom stereocenters. The van der Waals surface area contributed by atoms with E-state index < -0.39 is 0 Å². The van der Waals surface area contributed by atoms with Crippen molar-refractivity contribution in [1.29, 1.82) is 0 Å². The summed E-state index contributed by atoms with van der Waals surface area (Å²) in [6.45, 7) is 3.72. The maximum atomic E-state index is 4.36. The molecule has 22 heavy (non-hydrogen) atoms. The van der Waals surface area contributed by atoms with Crippen LogP contribution < -0.4 is 5.32 Å². The van der Waals surface area contributed by atoms with E-state index in [1.54, 1.807) is 0 Å². The number of aliphatic imine (C=N–C) groups is 1. The number of aryl methyl sites for hydroxylation is 2. The fourth-order valence-corrected chi connectivity index (χ4v) is 2.37. The Morgan fingerprint density at radius 3 is 2.64 bits per heavy atom. The summed E-state index contributed by atoms with van der Waals surface area (Å²) in [6.07, 6.45) is 2.06. The molecule has 0 radical (unpaired) electrons. The molecule has 0 aliphatic heterocycles. The number of rotatable bonds is 4. The molecule has 0 aliphatic carbocycles. The van der Waals surface area contributed by atoms with Gasteiger partial charge in [-0.25, -0.2) is 0 Å². The number of hydrogen-bond donors (Lipinski definition) is 1. The summed E-state index contributed by atoms with van der Waals surface area (Å²) in [5.74, 6) is 0.901. The lowest BCUT2D eigenvalue weighted by Gasteiger charge is -2.22. The fraction of sp³-hybridized carbons (Fsp3) is 0.353. The molecule has 2 aromatic rings. The molecule has 2 rings (SSSR count). The monoisotopic (exact) mass is 412 g/mol. The van der Waals surface area contributed by atoms with Crippen molar-refractivity contribution in [1.82, 2.24) is 14.8 Å². The molecular formula is C17H25IN4. The van der Waals surface area contributed by atoms with E-state index >= 15 is 0 Å². The van der Waals surface area contributed by atoms with E-state index in [0.29, 0.717) is 0 Å². The second-order valence-electron chi connectivity index (χ2n) is 5.36. The van der Waals surface area contributed by atoms with E-state index in [1.165, 1.54) is 16.8 Å². The zero-order valence-corrected chi connectivity index (χ0v) is 16.0. The summed E-state index contributed by atoms with van der Waals surface area (Å²) in [4.78, 5) is 6.49. The van der Waals surface area contributed by atoms with Crippen LogP contribution in [0.1, 0.15) is 16.8 Å². The number of benzene rings is 1. The van der Waals surface area contributed by atoms with Gasteiger partial charge in [0.25, 0.3) is 0 Å². The Hall–Kier alpha value is -1.50. The largest absolute Gasteiger partial charge is 0.353 e. The van der Waals surface area contributed by atoms with Crippen LogP contribution in [-0.4, -0.2) is 29.5 Å². The second-order valence-corrected chi connectivity index (χ2v) is 5.36. The minimum Gasteiger partial charge on any atom is -0.353 e. The maximum Gasteiger partial charge on any atom is 0.194 e. The predicted molar refractivity (Wildman–Crippen MR) is 104 cm³/mol. The average molecular weight is 412 g/mol. The first-order valence-electron chi connectivity index (χ1n) is 7.17. The first-order chi connectivity index (χ1) is 10.1. The van der Waals surface area contributed by atoms with Gasteiger partial charge in [-0.15, -0.1) is 24.0 Å². The Morgan fingerprint density at radius 1 is 1.27 bits per heavy atom. The van der Waals surface area contributed by atoms with Crippen molar-refractivity contribution in [2.75, 3.05) is 14.1 Å². The molecule has 0 fully saturated rings.